The first kappa shape index (κ1) is 10.3. The number of ether oxygens (including phenoxy) is 1. The number of benzene rings is 1. The van der Waals surface area contributed by atoms with Crippen LogP contribution in [0.1, 0.15) is 5.56 Å². The molecule has 2 aromatic rings. The number of para-hydroxylation sites is 1. The van der Waals surface area contributed by atoms with E-state index in [1.165, 1.54) is 0 Å². The Balaban J connectivity index is 2.68. The molecule has 0 fully saturated rings. The molecule has 0 spiro atoms. The molecule has 0 bridgehead atoms. The Morgan fingerprint density at radius 3 is 2.81 bits per heavy atom. The van der Waals surface area contributed by atoms with Gasteiger partial charge in [0.1, 0.15) is 5.75 Å². The van der Waals surface area contributed by atoms with Gasteiger partial charge in [-0.3, -0.25) is 0 Å². The molecule has 0 aliphatic heterocycles. The minimum atomic E-state index is -0.434. The van der Waals surface area contributed by atoms with Crippen LogP contribution in [0, 0.1) is 0 Å². The van der Waals surface area contributed by atoms with Crippen molar-refractivity contribution >= 4 is 12.7 Å². The van der Waals surface area contributed by atoms with Crippen LogP contribution in [0.25, 0.3) is 12.7 Å². The molecule has 0 aliphatic carbocycles. The average molecular weight is 217 g/mol. The third-order valence-corrected chi connectivity index (χ3v) is 2.25. The van der Waals surface area contributed by atoms with E-state index < -0.39 is 5.63 Å². The minimum absolute atomic E-state index is 0.407. The molecule has 0 radical (unpaired) electrons. The van der Waals surface area contributed by atoms with Crippen molar-refractivity contribution in [3.8, 4) is 5.75 Å². The van der Waals surface area contributed by atoms with Gasteiger partial charge < -0.3 is 9.26 Å². The van der Waals surface area contributed by atoms with Crippen LogP contribution < -0.4 is 20.9 Å². The zero-order valence-corrected chi connectivity index (χ0v) is 8.82. The van der Waals surface area contributed by atoms with Gasteiger partial charge in [-0.15, -0.1) is 0 Å². The lowest BCUT2D eigenvalue weighted by Crippen LogP contribution is -2.31. The van der Waals surface area contributed by atoms with E-state index in [1.807, 2.05) is 24.3 Å². The monoisotopic (exact) mass is 217 g/mol. The molecule has 4 nitrogen and oxygen atoms in total. The van der Waals surface area contributed by atoms with E-state index in [4.69, 9.17) is 4.74 Å². The van der Waals surface area contributed by atoms with E-state index in [-0.39, 0.29) is 0 Å². The van der Waals surface area contributed by atoms with Crippen molar-refractivity contribution in [3.05, 3.63) is 50.8 Å². The molecule has 0 amide bonds. The van der Waals surface area contributed by atoms with Crippen LogP contribution in [0.2, 0.25) is 0 Å². The topological polar surface area (TPSA) is 55.2 Å². The normalized spacial score (nSPS) is 11.7. The summed E-state index contributed by atoms with van der Waals surface area (Å²) >= 11 is 0. The molecular formula is C12H11NO3. The van der Waals surface area contributed by atoms with Crippen LogP contribution in [-0.4, -0.2) is 12.3 Å². The van der Waals surface area contributed by atoms with Crippen LogP contribution in [0.4, 0.5) is 0 Å². The van der Waals surface area contributed by atoms with Gasteiger partial charge in [0.25, 0.3) is 0 Å². The van der Waals surface area contributed by atoms with E-state index >= 15 is 0 Å². The number of aromatic amines is 1. The predicted octanol–water partition coefficient (Wildman–Crippen LogP) is 0.216. The second-order valence-corrected chi connectivity index (χ2v) is 3.27. The Hall–Kier alpha value is -2.23. The lowest BCUT2D eigenvalue weighted by atomic mass is 10.1. The highest BCUT2D eigenvalue weighted by atomic mass is 16.5. The van der Waals surface area contributed by atoms with Gasteiger partial charge in [0.05, 0.1) is 17.7 Å². The Labute approximate surface area is 91.4 Å². The molecular weight excluding hydrogens is 206 g/mol. The van der Waals surface area contributed by atoms with E-state index in [1.54, 1.807) is 13.2 Å². The summed E-state index contributed by atoms with van der Waals surface area (Å²) in [5.74, 6) is 0.697. The molecule has 16 heavy (non-hydrogen) atoms. The quantitative estimate of drug-likeness (QED) is 0.782. The van der Waals surface area contributed by atoms with E-state index in [0.29, 0.717) is 16.3 Å². The molecule has 1 N–H and O–H groups in total. The first-order valence-corrected chi connectivity index (χ1v) is 4.73. The number of aromatic nitrogens is 1. The van der Waals surface area contributed by atoms with Crippen LogP contribution in [0.5, 0.6) is 5.75 Å². The number of hydrogen-bond donors (Lipinski definition) is 1. The molecule has 0 atom stereocenters. The average Bonchev–Trinajstić information content (AvgIpc) is 2.61. The fraction of sp³-hybridized carbons (Fsp3) is 0.0833. The predicted molar refractivity (Wildman–Crippen MR) is 60.7 cm³/mol. The second kappa shape index (κ2) is 4.10. The molecule has 1 heterocycles. The van der Waals surface area contributed by atoms with E-state index in [0.717, 1.165) is 5.56 Å². The number of H-pyrrole nitrogens is 1. The van der Waals surface area contributed by atoms with E-state index in [2.05, 4.69) is 16.3 Å². The lowest BCUT2D eigenvalue weighted by molar-refractivity contribution is 0.386. The van der Waals surface area contributed by atoms with Gasteiger partial charge in [-0.1, -0.05) is 24.8 Å². The van der Waals surface area contributed by atoms with Crippen LogP contribution >= 0.6 is 0 Å². The van der Waals surface area contributed by atoms with Gasteiger partial charge in [0.2, 0.25) is 0 Å². The van der Waals surface area contributed by atoms with Gasteiger partial charge in [0.15, 0.2) is 0 Å². The van der Waals surface area contributed by atoms with Gasteiger partial charge in [0, 0.05) is 5.56 Å². The Bertz CT molecular complexity index is 621. The maximum Gasteiger partial charge on any atom is 0.365 e. The number of rotatable bonds is 2. The standard InChI is InChI=1S/C12H11NO3/c1-8-10(12(14)16-13-8)7-9-5-3-4-6-11(9)15-2/h3-7,13H,1H2,2H3/b10-7+. The summed E-state index contributed by atoms with van der Waals surface area (Å²) in [7, 11) is 1.58. The van der Waals surface area contributed by atoms with Gasteiger partial charge in [-0.25, -0.2) is 9.95 Å². The summed E-state index contributed by atoms with van der Waals surface area (Å²) in [6, 6.07) is 7.40. The number of methoxy groups -OCH3 is 1. The van der Waals surface area contributed by atoms with Crippen molar-refractivity contribution in [3.63, 3.8) is 0 Å². The lowest BCUT2D eigenvalue weighted by Gasteiger charge is -2.02. The molecule has 4 heteroatoms. The summed E-state index contributed by atoms with van der Waals surface area (Å²) in [5, 5.41) is 3.29. The SMILES string of the molecule is C=c1[nH]oc(=O)/c1=C/c1ccccc1OC. The molecule has 82 valence electrons. The highest BCUT2D eigenvalue weighted by Crippen LogP contribution is 2.16. The smallest absolute Gasteiger partial charge is 0.365 e. The minimum Gasteiger partial charge on any atom is -0.496 e. The Morgan fingerprint density at radius 1 is 1.44 bits per heavy atom. The molecule has 0 aliphatic rings. The van der Waals surface area contributed by atoms with Gasteiger partial charge in [-0.2, -0.15) is 0 Å². The van der Waals surface area contributed by atoms with Gasteiger partial charge in [-0.05, 0) is 12.1 Å². The maximum absolute atomic E-state index is 11.3. The maximum atomic E-state index is 11.3. The molecule has 1 aromatic heterocycles. The second-order valence-electron chi connectivity index (χ2n) is 3.27. The molecule has 2 rings (SSSR count). The summed E-state index contributed by atoms with van der Waals surface area (Å²) in [6.45, 7) is 3.67. The van der Waals surface area contributed by atoms with Crippen molar-refractivity contribution in [1.82, 2.24) is 5.16 Å². The van der Waals surface area contributed by atoms with Crippen molar-refractivity contribution in [2.24, 2.45) is 0 Å². The fourth-order valence-corrected chi connectivity index (χ4v) is 1.43. The number of hydrogen-bond acceptors (Lipinski definition) is 3. The van der Waals surface area contributed by atoms with Crippen molar-refractivity contribution in [2.45, 2.75) is 0 Å². The Morgan fingerprint density at radius 2 is 2.19 bits per heavy atom. The first-order valence-electron chi connectivity index (χ1n) is 4.73. The molecule has 0 saturated carbocycles. The van der Waals surface area contributed by atoms with Gasteiger partial charge >= 0.3 is 5.63 Å². The summed E-state index contributed by atoms with van der Waals surface area (Å²) in [5.41, 5.74) is 0.373. The number of nitrogens with one attached hydrogen (secondary N) is 1. The third kappa shape index (κ3) is 1.77. The van der Waals surface area contributed by atoms with Crippen LogP contribution in [-0.2, 0) is 0 Å². The largest absolute Gasteiger partial charge is 0.496 e. The van der Waals surface area contributed by atoms with Crippen LogP contribution in [0.15, 0.2) is 33.6 Å². The zero-order chi connectivity index (χ0) is 11.5. The Kier molecular flexibility index (Phi) is 2.64. The zero-order valence-electron chi connectivity index (χ0n) is 8.82. The van der Waals surface area contributed by atoms with Crippen molar-refractivity contribution in [1.29, 1.82) is 0 Å². The first-order chi connectivity index (χ1) is 7.72. The van der Waals surface area contributed by atoms with E-state index in [9.17, 15) is 4.79 Å². The summed E-state index contributed by atoms with van der Waals surface area (Å²) in [6.07, 6.45) is 1.68. The van der Waals surface area contributed by atoms with Crippen molar-refractivity contribution in [2.75, 3.05) is 7.11 Å². The highest BCUT2D eigenvalue weighted by molar-refractivity contribution is 5.56. The van der Waals surface area contributed by atoms with Crippen molar-refractivity contribution < 1.29 is 9.26 Å². The fourth-order valence-electron chi connectivity index (χ4n) is 1.43. The highest BCUT2D eigenvalue weighted by Gasteiger charge is 2.00. The summed E-state index contributed by atoms with van der Waals surface area (Å²) < 4.78 is 9.81. The third-order valence-electron chi connectivity index (χ3n) is 2.25. The molecule has 0 saturated heterocycles. The molecule has 1 aromatic carbocycles. The van der Waals surface area contributed by atoms with Crippen LogP contribution in [0.3, 0.4) is 0 Å². The molecule has 0 unspecified atom stereocenters. The summed E-state index contributed by atoms with van der Waals surface area (Å²) in [4.78, 5) is 11.3.